The van der Waals surface area contributed by atoms with E-state index in [4.69, 9.17) is 11.6 Å². The van der Waals surface area contributed by atoms with Crippen LogP contribution in [0.2, 0.25) is 5.02 Å². The van der Waals surface area contributed by atoms with Gasteiger partial charge >= 0.3 is 0 Å². The van der Waals surface area contributed by atoms with Crippen molar-refractivity contribution in [1.82, 2.24) is 14.5 Å². The molecule has 8 heteroatoms. The van der Waals surface area contributed by atoms with Crippen LogP contribution in [0.1, 0.15) is 43.1 Å². The summed E-state index contributed by atoms with van der Waals surface area (Å²) in [6, 6.07) is 16.5. The number of halogens is 1. The second kappa shape index (κ2) is 10.1. The zero-order valence-electron chi connectivity index (χ0n) is 19.2. The Morgan fingerprint density at radius 1 is 1.15 bits per heavy atom. The molecule has 7 nitrogen and oxygen atoms in total. The van der Waals surface area contributed by atoms with Crippen LogP contribution in [0, 0.1) is 17.2 Å². The Labute approximate surface area is 203 Å². The average Bonchev–Trinajstić information content (AvgIpc) is 3.20. The number of hydrogen-bond donors (Lipinski definition) is 1. The van der Waals surface area contributed by atoms with E-state index in [1.54, 1.807) is 35.2 Å². The van der Waals surface area contributed by atoms with Gasteiger partial charge in [0.05, 0.1) is 11.0 Å². The van der Waals surface area contributed by atoms with Gasteiger partial charge in [-0.05, 0) is 55.2 Å². The number of aromatic nitrogens is 2. The minimum atomic E-state index is -0.265. The summed E-state index contributed by atoms with van der Waals surface area (Å²) >= 11 is 5.95. The number of benzene rings is 2. The fourth-order valence-corrected chi connectivity index (χ4v) is 4.39. The van der Waals surface area contributed by atoms with Gasteiger partial charge in [0.15, 0.2) is 0 Å². The lowest BCUT2D eigenvalue weighted by Gasteiger charge is -2.33. The highest BCUT2D eigenvalue weighted by Crippen LogP contribution is 2.32. The first-order valence-corrected chi connectivity index (χ1v) is 11.7. The molecule has 0 unspecified atom stereocenters. The average molecular weight is 476 g/mol. The van der Waals surface area contributed by atoms with Crippen LogP contribution in [0.25, 0.3) is 11.0 Å². The molecular weight excluding hydrogens is 450 g/mol. The van der Waals surface area contributed by atoms with Crippen molar-refractivity contribution in [1.29, 1.82) is 5.26 Å². The summed E-state index contributed by atoms with van der Waals surface area (Å²) in [4.78, 5) is 32.1. The van der Waals surface area contributed by atoms with Crippen molar-refractivity contribution in [3.8, 4) is 6.07 Å². The summed E-state index contributed by atoms with van der Waals surface area (Å²) in [6.07, 6.45) is 3.09. The molecule has 1 saturated heterocycles. The number of nitriles is 1. The van der Waals surface area contributed by atoms with E-state index < -0.39 is 0 Å². The quantitative estimate of drug-likeness (QED) is 0.405. The van der Waals surface area contributed by atoms with E-state index in [0.29, 0.717) is 42.5 Å². The van der Waals surface area contributed by atoms with Crippen LogP contribution < -0.4 is 5.32 Å². The SMILES string of the molecule is CC(C)/C=C(\C#N)C(=O)N1CCC(n2c(NC(=O)c3ccc(Cl)cc3)nc3ccccc32)CC1. The van der Waals surface area contributed by atoms with E-state index in [2.05, 4.69) is 14.9 Å². The van der Waals surface area contributed by atoms with Crippen LogP contribution >= 0.6 is 11.6 Å². The van der Waals surface area contributed by atoms with Gasteiger partial charge in [0.2, 0.25) is 5.95 Å². The van der Waals surface area contributed by atoms with Gasteiger partial charge in [-0.15, -0.1) is 0 Å². The van der Waals surface area contributed by atoms with E-state index in [-0.39, 0.29) is 29.3 Å². The number of para-hydroxylation sites is 2. The molecule has 1 N–H and O–H groups in total. The lowest BCUT2D eigenvalue weighted by molar-refractivity contribution is -0.128. The number of anilines is 1. The number of amides is 2. The molecule has 1 aliphatic heterocycles. The summed E-state index contributed by atoms with van der Waals surface area (Å²) in [5.41, 5.74) is 2.40. The number of carbonyl (C=O) groups is 2. The van der Waals surface area contributed by atoms with Crippen LogP contribution in [0.15, 0.2) is 60.2 Å². The molecule has 34 heavy (non-hydrogen) atoms. The third kappa shape index (κ3) is 4.97. The lowest BCUT2D eigenvalue weighted by Crippen LogP contribution is -2.40. The largest absolute Gasteiger partial charge is 0.338 e. The molecule has 4 rings (SSSR count). The molecule has 0 atom stereocenters. The number of rotatable bonds is 5. The van der Waals surface area contributed by atoms with Crippen LogP contribution in [0.5, 0.6) is 0 Å². The third-order valence-electron chi connectivity index (χ3n) is 5.90. The van der Waals surface area contributed by atoms with Crippen LogP contribution in [0.3, 0.4) is 0 Å². The number of likely N-dealkylation sites (tertiary alicyclic amines) is 1. The number of imidazole rings is 1. The highest BCUT2D eigenvalue weighted by atomic mass is 35.5. The van der Waals surface area contributed by atoms with Crippen LogP contribution in [0.4, 0.5) is 5.95 Å². The van der Waals surface area contributed by atoms with Gasteiger partial charge in [-0.1, -0.05) is 43.7 Å². The monoisotopic (exact) mass is 475 g/mol. The predicted molar refractivity (Wildman–Crippen MR) is 133 cm³/mol. The molecule has 2 heterocycles. The third-order valence-corrected chi connectivity index (χ3v) is 6.15. The summed E-state index contributed by atoms with van der Waals surface area (Å²) in [6.45, 7) is 4.94. The minimum absolute atomic E-state index is 0.0524. The van der Waals surface area contributed by atoms with E-state index in [1.165, 1.54) is 0 Å². The molecule has 1 fully saturated rings. The summed E-state index contributed by atoms with van der Waals surface area (Å²) in [5.74, 6) is 0.114. The Balaban J connectivity index is 1.56. The maximum Gasteiger partial charge on any atom is 0.264 e. The fraction of sp³-hybridized carbons (Fsp3) is 0.308. The Hall–Kier alpha value is -3.63. The summed E-state index contributed by atoms with van der Waals surface area (Å²) in [5, 5.41) is 12.9. The topological polar surface area (TPSA) is 91.0 Å². The Morgan fingerprint density at radius 3 is 2.47 bits per heavy atom. The van der Waals surface area contributed by atoms with Crippen molar-refractivity contribution >= 4 is 40.4 Å². The molecule has 0 radical (unpaired) electrons. The van der Waals surface area contributed by atoms with E-state index >= 15 is 0 Å². The predicted octanol–water partition coefficient (Wildman–Crippen LogP) is 5.21. The van der Waals surface area contributed by atoms with Crippen molar-refractivity contribution in [2.24, 2.45) is 5.92 Å². The standard InChI is InChI=1S/C26H26ClN5O2/c1-17(2)15-19(16-28)25(34)31-13-11-21(12-14-31)32-23-6-4-3-5-22(23)29-26(32)30-24(33)18-7-9-20(27)10-8-18/h3-10,15,17,21H,11-14H2,1-2H3,(H,29,30,33)/b19-15+. The van der Waals surface area contributed by atoms with Gasteiger partial charge in [-0.3, -0.25) is 14.9 Å². The van der Waals surface area contributed by atoms with Crippen LogP contribution in [-0.4, -0.2) is 39.4 Å². The minimum Gasteiger partial charge on any atom is -0.338 e. The molecule has 3 aromatic rings. The van der Waals surface area contributed by atoms with Gasteiger partial charge in [0.1, 0.15) is 11.6 Å². The Kier molecular flexibility index (Phi) is 6.99. The van der Waals surface area contributed by atoms with Crippen molar-refractivity contribution in [3.63, 3.8) is 0 Å². The van der Waals surface area contributed by atoms with Gasteiger partial charge in [0, 0.05) is 29.7 Å². The lowest BCUT2D eigenvalue weighted by atomic mass is 10.0. The second-order valence-corrected chi connectivity index (χ2v) is 9.15. The number of allylic oxidation sites excluding steroid dienone is 1. The number of hydrogen-bond acceptors (Lipinski definition) is 4. The number of nitrogens with zero attached hydrogens (tertiary/aromatic N) is 4. The molecule has 0 aliphatic carbocycles. The molecular formula is C26H26ClN5O2. The molecule has 0 spiro atoms. The first-order chi connectivity index (χ1) is 16.4. The zero-order chi connectivity index (χ0) is 24.2. The second-order valence-electron chi connectivity index (χ2n) is 8.71. The first kappa shape index (κ1) is 23.5. The van der Waals surface area contributed by atoms with Crippen molar-refractivity contribution in [2.45, 2.75) is 32.7 Å². The van der Waals surface area contributed by atoms with Gasteiger partial charge in [-0.25, -0.2) is 4.98 Å². The van der Waals surface area contributed by atoms with E-state index in [9.17, 15) is 14.9 Å². The number of fused-ring (bicyclic) bond motifs is 1. The van der Waals surface area contributed by atoms with Crippen molar-refractivity contribution < 1.29 is 9.59 Å². The summed E-state index contributed by atoms with van der Waals surface area (Å²) < 4.78 is 2.06. The molecule has 1 aliphatic rings. The Morgan fingerprint density at radius 2 is 1.82 bits per heavy atom. The van der Waals surface area contributed by atoms with Crippen molar-refractivity contribution in [2.75, 3.05) is 18.4 Å². The highest BCUT2D eigenvalue weighted by Gasteiger charge is 2.28. The molecule has 2 aromatic carbocycles. The van der Waals surface area contributed by atoms with Gasteiger partial charge in [0.25, 0.3) is 11.8 Å². The molecule has 2 amide bonds. The zero-order valence-corrected chi connectivity index (χ0v) is 19.9. The van der Waals surface area contributed by atoms with Crippen molar-refractivity contribution in [3.05, 3.63) is 70.8 Å². The smallest absolute Gasteiger partial charge is 0.264 e. The maximum absolute atomic E-state index is 12.9. The first-order valence-electron chi connectivity index (χ1n) is 11.3. The fourth-order valence-electron chi connectivity index (χ4n) is 4.26. The molecule has 1 aromatic heterocycles. The summed E-state index contributed by atoms with van der Waals surface area (Å²) in [7, 11) is 0. The molecule has 0 saturated carbocycles. The normalized spacial score (nSPS) is 14.9. The maximum atomic E-state index is 12.9. The Bertz CT molecular complexity index is 1280. The molecule has 0 bridgehead atoms. The van der Waals surface area contributed by atoms with Crippen LogP contribution in [-0.2, 0) is 4.79 Å². The molecule has 174 valence electrons. The van der Waals surface area contributed by atoms with E-state index in [1.807, 2.05) is 44.2 Å². The number of carbonyl (C=O) groups excluding carboxylic acids is 2. The van der Waals surface area contributed by atoms with Gasteiger partial charge < -0.3 is 9.47 Å². The number of nitrogens with one attached hydrogen (secondary N) is 1. The number of piperidine rings is 1. The highest BCUT2D eigenvalue weighted by molar-refractivity contribution is 6.30. The van der Waals surface area contributed by atoms with Gasteiger partial charge in [-0.2, -0.15) is 5.26 Å². The van der Waals surface area contributed by atoms with E-state index in [0.717, 1.165) is 11.0 Å².